The number of rotatable bonds is 5. The molecule has 1 heterocycles. The minimum Gasteiger partial charge on any atom is -0.496 e. The number of carbonyl (C=O) groups excluding carboxylic acids is 3. The zero-order chi connectivity index (χ0) is 26.7. The van der Waals surface area contributed by atoms with E-state index >= 15 is 0 Å². The fourth-order valence-electron chi connectivity index (χ4n) is 4.59. The maximum absolute atomic E-state index is 13.9. The van der Waals surface area contributed by atoms with Gasteiger partial charge in [-0.2, -0.15) is 0 Å². The zero-order valence-corrected chi connectivity index (χ0v) is 21.8. The number of ether oxygens (including phenoxy) is 3. The van der Waals surface area contributed by atoms with Crippen LogP contribution < -0.4 is 15.0 Å². The molecule has 0 saturated heterocycles. The maximum atomic E-state index is 13.9. The largest absolute Gasteiger partial charge is 0.496 e. The Kier molecular flexibility index (Phi) is 7.38. The summed E-state index contributed by atoms with van der Waals surface area (Å²) in [5.41, 5.74) is 2.34. The van der Waals surface area contributed by atoms with Crippen molar-refractivity contribution in [3.63, 3.8) is 0 Å². The molecule has 1 atom stereocenters. The summed E-state index contributed by atoms with van der Waals surface area (Å²) >= 11 is 0. The van der Waals surface area contributed by atoms with E-state index in [0.29, 0.717) is 24.2 Å². The van der Waals surface area contributed by atoms with Gasteiger partial charge < -0.3 is 24.4 Å². The third kappa shape index (κ3) is 5.69. The van der Waals surface area contributed by atoms with Crippen LogP contribution in [0, 0.1) is 0 Å². The predicted octanol–water partition coefficient (Wildman–Crippen LogP) is 5.01. The van der Waals surface area contributed by atoms with Gasteiger partial charge in [-0.3, -0.25) is 4.79 Å². The smallest absolute Gasteiger partial charge is 0.408 e. The van der Waals surface area contributed by atoms with E-state index < -0.39 is 23.7 Å². The second kappa shape index (κ2) is 10.5. The van der Waals surface area contributed by atoms with E-state index in [1.54, 1.807) is 44.9 Å². The second-order valence-electron chi connectivity index (χ2n) is 9.96. The number of esters is 1. The van der Waals surface area contributed by atoms with Crippen LogP contribution in [0.1, 0.15) is 48.7 Å². The average Bonchev–Trinajstić information content (AvgIpc) is 2.99. The van der Waals surface area contributed by atoms with Crippen LogP contribution in [0.3, 0.4) is 0 Å². The Morgan fingerprint density at radius 3 is 2.51 bits per heavy atom. The number of aryl methyl sites for hydroxylation is 1. The Balaban J connectivity index is 1.75. The molecule has 0 bridgehead atoms. The summed E-state index contributed by atoms with van der Waals surface area (Å²) in [4.78, 5) is 40.2. The van der Waals surface area contributed by atoms with Crippen LogP contribution in [0.5, 0.6) is 5.75 Å². The highest BCUT2D eigenvalue weighted by Crippen LogP contribution is 2.34. The third-order valence-corrected chi connectivity index (χ3v) is 6.29. The lowest BCUT2D eigenvalue weighted by molar-refractivity contribution is -0.120. The van der Waals surface area contributed by atoms with E-state index in [2.05, 4.69) is 5.32 Å². The lowest BCUT2D eigenvalue weighted by Gasteiger charge is -2.28. The molecule has 0 aromatic heterocycles. The van der Waals surface area contributed by atoms with Gasteiger partial charge in [0.25, 0.3) is 0 Å². The lowest BCUT2D eigenvalue weighted by atomic mass is 10.00. The van der Waals surface area contributed by atoms with Gasteiger partial charge in [-0.15, -0.1) is 0 Å². The number of methoxy groups -OCH3 is 2. The summed E-state index contributed by atoms with van der Waals surface area (Å²) in [6.07, 6.45) is 0.434. The highest BCUT2D eigenvalue weighted by molar-refractivity contribution is 6.01. The van der Waals surface area contributed by atoms with Gasteiger partial charge in [0.05, 0.1) is 26.3 Å². The van der Waals surface area contributed by atoms with Crippen LogP contribution in [-0.2, 0) is 27.2 Å². The SMILES string of the molecule is COC(=O)c1ccc2c(CN3C(=O)[C@@H](NC(=O)OC(C)(C)C)CCc4ccccc43)c(OC)ccc2c1. The number of para-hydroxylation sites is 1. The van der Waals surface area contributed by atoms with Crippen LogP contribution >= 0.6 is 0 Å². The lowest BCUT2D eigenvalue weighted by Crippen LogP contribution is -2.49. The molecule has 8 nitrogen and oxygen atoms in total. The van der Waals surface area contributed by atoms with Crippen molar-refractivity contribution in [2.75, 3.05) is 19.1 Å². The van der Waals surface area contributed by atoms with Gasteiger partial charge in [0.2, 0.25) is 5.91 Å². The number of alkyl carbamates (subject to hydrolysis) is 1. The maximum Gasteiger partial charge on any atom is 0.408 e. The fourth-order valence-corrected chi connectivity index (χ4v) is 4.59. The first-order valence-electron chi connectivity index (χ1n) is 12.2. The number of nitrogens with one attached hydrogen (secondary N) is 1. The fraction of sp³-hybridized carbons (Fsp3) is 0.345. The van der Waals surface area contributed by atoms with Crippen LogP contribution in [0.2, 0.25) is 0 Å². The molecule has 1 aliphatic heterocycles. The van der Waals surface area contributed by atoms with Crippen LogP contribution in [0.4, 0.5) is 10.5 Å². The number of anilines is 1. The van der Waals surface area contributed by atoms with Gasteiger partial charge in [-0.1, -0.05) is 30.3 Å². The molecule has 0 spiro atoms. The molecule has 3 aromatic rings. The van der Waals surface area contributed by atoms with Gasteiger partial charge in [0.1, 0.15) is 17.4 Å². The van der Waals surface area contributed by atoms with Crippen molar-refractivity contribution < 1.29 is 28.6 Å². The van der Waals surface area contributed by atoms with E-state index in [1.807, 2.05) is 42.5 Å². The molecule has 4 rings (SSSR count). The van der Waals surface area contributed by atoms with E-state index in [1.165, 1.54) is 7.11 Å². The normalized spacial score (nSPS) is 15.5. The zero-order valence-electron chi connectivity index (χ0n) is 21.8. The summed E-state index contributed by atoms with van der Waals surface area (Å²) < 4.78 is 16.0. The number of carbonyl (C=O) groups is 3. The highest BCUT2D eigenvalue weighted by atomic mass is 16.6. The minimum atomic E-state index is -0.755. The average molecular weight is 505 g/mol. The minimum absolute atomic E-state index is 0.209. The molecule has 3 aromatic carbocycles. The summed E-state index contributed by atoms with van der Waals surface area (Å²) in [6, 6.07) is 16.0. The van der Waals surface area contributed by atoms with Gasteiger partial charge in [0, 0.05) is 11.3 Å². The van der Waals surface area contributed by atoms with Crippen molar-refractivity contribution in [3.05, 3.63) is 71.3 Å². The van der Waals surface area contributed by atoms with E-state index in [-0.39, 0.29) is 12.5 Å². The van der Waals surface area contributed by atoms with Gasteiger partial charge in [-0.05, 0) is 74.2 Å². The number of nitrogens with zero attached hydrogens (tertiary/aromatic N) is 1. The monoisotopic (exact) mass is 504 g/mol. The van der Waals surface area contributed by atoms with Gasteiger partial charge >= 0.3 is 12.1 Å². The molecule has 0 fully saturated rings. The topological polar surface area (TPSA) is 94.2 Å². The molecule has 1 N–H and O–H groups in total. The Labute approximate surface area is 216 Å². The Morgan fingerprint density at radius 2 is 1.81 bits per heavy atom. The Morgan fingerprint density at radius 1 is 1.05 bits per heavy atom. The van der Waals surface area contributed by atoms with Crippen molar-refractivity contribution in [1.82, 2.24) is 5.32 Å². The molecule has 37 heavy (non-hydrogen) atoms. The first kappa shape index (κ1) is 26.0. The van der Waals surface area contributed by atoms with Crippen LogP contribution in [0.25, 0.3) is 10.8 Å². The molecule has 0 unspecified atom stereocenters. The summed E-state index contributed by atoms with van der Waals surface area (Å²) in [5.74, 6) is -0.0440. The standard InChI is InChI=1S/C29H32N2O6/c1-29(2,3)37-28(34)30-23-14-11-18-8-6-7-9-24(18)31(26(23)32)17-22-21-13-10-20(27(33)36-5)16-19(21)12-15-25(22)35-4/h6-10,12-13,15-16,23H,11,14,17H2,1-5H3,(H,30,34)/t23-/m0/s1. The molecule has 0 aliphatic carbocycles. The van der Waals surface area contributed by atoms with Crippen LogP contribution in [-0.4, -0.2) is 43.8 Å². The third-order valence-electron chi connectivity index (χ3n) is 6.29. The van der Waals surface area contributed by atoms with Gasteiger partial charge in [-0.25, -0.2) is 9.59 Å². The van der Waals surface area contributed by atoms with E-state index in [9.17, 15) is 14.4 Å². The van der Waals surface area contributed by atoms with Crippen molar-refractivity contribution in [2.24, 2.45) is 0 Å². The number of amides is 2. The second-order valence-corrected chi connectivity index (χ2v) is 9.96. The van der Waals surface area contributed by atoms with Crippen molar-refractivity contribution in [3.8, 4) is 5.75 Å². The molecule has 8 heteroatoms. The molecule has 194 valence electrons. The quantitative estimate of drug-likeness (QED) is 0.491. The van der Waals surface area contributed by atoms with E-state index in [0.717, 1.165) is 27.6 Å². The molecular formula is C29H32N2O6. The summed E-state index contributed by atoms with van der Waals surface area (Å²) in [7, 11) is 2.93. The molecular weight excluding hydrogens is 472 g/mol. The van der Waals surface area contributed by atoms with Crippen molar-refractivity contribution in [2.45, 2.75) is 51.8 Å². The Bertz CT molecular complexity index is 1340. The van der Waals surface area contributed by atoms with Crippen molar-refractivity contribution >= 4 is 34.4 Å². The van der Waals surface area contributed by atoms with E-state index in [4.69, 9.17) is 14.2 Å². The number of fused-ring (bicyclic) bond motifs is 2. The first-order chi connectivity index (χ1) is 17.6. The number of hydrogen-bond acceptors (Lipinski definition) is 6. The highest BCUT2D eigenvalue weighted by Gasteiger charge is 2.33. The first-order valence-corrected chi connectivity index (χ1v) is 12.2. The Hall–Kier alpha value is -4.07. The number of benzene rings is 3. The van der Waals surface area contributed by atoms with Crippen LogP contribution in [0.15, 0.2) is 54.6 Å². The molecule has 1 aliphatic rings. The van der Waals surface area contributed by atoms with Crippen molar-refractivity contribution in [1.29, 1.82) is 0 Å². The van der Waals surface area contributed by atoms with Gasteiger partial charge in [0.15, 0.2) is 0 Å². The molecule has 0 radical (unpaired) electrons. The number of hydrogen-bond donors (Lipinski definition) is 1. The summed E-state index contributed by atoms with van der Waals surface area (Å²) in [6.45, 7) is 5.55. The summed E-state index contributed by atoms with van der Waals surface area (Å²) in [5, 5.41) is 4.44. The molecule has 0 saturated carbocycles. The molecule has 2 amide bonds. The predicted molar refractivity (Wildman–Crippen MR) is 141 cm³/mol.